The van der Waals surface area contributed by atoms with Crippen LogP contribution in [-0.2, 0) is 4.74 Å². The highest BCUT2D eigenvalue weighted by Gasteiger charge is 2.41. The van der Waals surface area contributed by atoms with Crippen molar-refractivity contribution >= 4 is 5.69 Å². The molecule has 4 nitrogen and oxygen atoms in total. The lowest BCUT2D eigenvalue weighted by atomic mass is 9.77. The van der Waals surface area contributed by atoms with Gasteiger partial charge in [0.05, 0.1) is 26.4 Å². The van der Waals surface area contributed by atoms with Gasteiger partial charge in [0.15, 0.2) is 11.5 Å². The summed E-state index contributed by atoms with van der Waals surface area (Å²) in [7, 11) is 3.29. The maximum absolute atomic E-state index is 13.8. The smallest absolute Gasteiger partial charge is 0.165 e. The van der Waals surface area contributed by atoms with Crippen LogP contribution in [0.4, 0.5) is 10.1 Å². The van der Waals surface area contributed by atoms with Crippen LogP contribution >= 0.6 is 0 Å². The fraction of sp³-hybridized carbons (Fsp3) is 0.400. The maximum atomic E-state index is 13.8. The van der Waals surface area contributed by atoms with Gasteiger partial charge < -0.3 is 19.5 Å². The summed E-state index contributed by atoms with van der Waals surface area (Å²) in [5.74, 6) is 1.42. The van der Waals surface area contributed by atoms with Gasteiger partial charge in [-0.15, -0.1) is 0 Å². The molecule has 1 saturated heterocycles. The van der Waals surface area contributed by atoms with Crippen LogP contribution in [0.25, 0.3) is 0 Å². The maximum Gasteiger partial charge on any atom is 0.165 e. The molecule has 25 heavy (non-hydrogen) atoms. The standard InChI is InChI=1S/C20H22FNO3/c1-23-17-7-3-5-14(20(17)24-2)18-13-6-4-10-25-19(13)15-11-12(21)8-9-16(15)22-18/h3,5,7-9,11,13,18-19,22H,4,6,10H2,1-2H3/t13-,18-,19-/m0/s1. The van der Waals surface area contributed by atoms with E-state index in [1.165, 1.54) is 6.07 Å². The Hall–Kier alpha value is -2.27. The van der Waals surface area contributed by atoms with Gasteiger partial charge in [-0.1, -0.05) is 12.1 Å². The lowest BCUT2D eigenvalue weighted by Gasteiger charge is -2.43. The number of ether oxygens (including phenoxy) is 3. The van der Waals surface area contributed by atoms with Gasteiger partial charge in [-0.05, 0) is 37.1 Å². The number of hydrogen-bond acceptors (Lipinski definition) is 4. The van der Waals surface area contributed by atoms with Crippen molar-refractivity contribution in [1.82, 2.24) is 0 Å². The second-order valence-electron chi connectivity index (χ2n) is 6.53. The first-order valence-corrected chi connectivity index (χ1v) is 8.61. The molecule has 0 amide bonds. The van der Waals surface area contributed by atoms with Crippen molar-refractivity contribution < 1.29 is 18.6 Å². The summed E-state index contributed by atoms with van der Waals surface area (Å²) in [6.45, 7) is 0.707. The van der Waals surface area contributed by atoms with Crippen molar-refractivity contribution in [2.75, 3.05) is 26.1 Å². The zero-order valence-electron chi connectivity index (χ0n) is 14.4. The highest BCUT2D eigenvalue weighted by atomic mass is 19.1. The summed E-state index contributed by atoms with van der Waals surface area (Å²) < 4.78 is 30.9. The second-order valence-corrected chi connectivity index (χ2v) is 6.53. The third-order valence-corrected chi connectivity index (χ3v) is 5.20. The van der Waals surface area contributed by atoms with Crippen molar-refractivity contribution in [2.45, 2.75) is 25.0 Å². The zero-order chi connectivity index (χ0) is 17.4. The van der Waals surface area contributed by atoms with Crippen LogP contribution in [0.3, 0.4) is 0 Å². The molecule has 132 valence electrons. The van der Waals surface area contributed by atoms with Crippen LogP contribution in [0.1, 0.15) is 36.1 Å². The molecule has 2 aromatic rings. The summed E-state index contributed by atoms with van der Waals surface area (Å²) in [5.41, 5.74) is 2.86. The van der Waals surface area contributed by atoms with E-state index in [9.17, 15) is 4.39 Å². The largest absolute Gasteiger partial charge is 0.493 e. The molecule has 0 aromatic heterocycles. The minimum Gasteiger partial charge on any atom is -0.493 e. The van der Waals surface area contributed by atoms with Gasteiger partial charge >= 0.3 is 0 Å². The van der Waals surface area contributed by atoms with Crippen molar-refractivity contribution in [3.05, 3.63) is 53.3 Å². The second kappa shape index (κ2) is 6.56. The van der Waals surface area contributed by atoms with E-state index < -0.39 is 0 Å². The van der Waals surface area contributed by atoms with Gasteiger partial charge in [0.2, 0.25) is 0 Å². The number of nitrogens with one attached hydrogen (secondary N) is 1. The van der Waals surface area contributed by atoms with Crippen molar-refractivity contribution in [3.8, 4) is 11.5 Å². The number of hydrogen-bond donors (Lipinski definition) is 1. The van der Waals surface area contributed by atoms with Gasteiger partial charge in [0.1, 0.15) is 5.82 Å². The molecule has 0 aliphatic carbocycles. The van der Waals surface area contributed by atoms with Crippen molar-refractivity contribution in [3.63, 3.8) is 0 Å². The SMILES string of the molecule is COc1cccc([C@H]2Nc3ccc(F)cc3[C@H]3OCCC[C@@H]23)c1OC. The highest BCUT2D eigenvalue weighted by molar-refractivity contribution is 5.59. The van der Waals surface area contributed by atoms with Crippen LogP contribution in [-0.4, -0.2) is 20.8 Å². The first-order chi connectivity index (χ1) is 12.2. The fourth-order valence-electron chi connectivity index (χ4n) is 4.11. The Bertz CT molecular complexity index is 780. The number of methoxy groups -OCH3 is 2. The van der Waals surface area contributed by atoms with E-state index in [0.29, 0.717) is 12.4 Å². The molecular weight excluding hydrogens is 321 g/mol. The first-order valence-electron chi connectivity index (χ1n) is 8.61. The monoisotopic (exact) mass is 343 g/mol. The van der Waals surface area contributed by atoms with Crippen LogP contribution in [0.2, 0.25) is 0 Å². The molecule has 1 fully saturated rings. The van der Waals surface area contributed by atoms with Crippen LogP contribution in [0.15, 0.2) is 36.4 Å². The van der Waals surface area contributed by atoms with Gasteiger partial charge in [-0.3, -0.25) is 0 Å². The fourth-order valence-corrected chi connectivity index (χ4v) is 4.11. The van der Waals surface area contributed by atoms with Gasteiger partial charge in [-0.25, -0.2) is 4.39 Å². The molecule has 2 heterocycles. The Morgan fingerprint density at radius 1 is 1.12 bits per heavy atom. The number of rotatable bonds is 3. The predicted octanol–water partition coefficient (Wildman–Crippen LogP) is 4.48. The van der Waals surface area contributed by atoms with E-state index in [1.54, 1.807) is 26.4 Å². The predicted molar refractivity (Wildman–Crippen MR) is 93.7 cm³/mol. The minimum absolute atomic E-state index is 0.0216. The molecular formula is C20H22FNO3. The molecule has 2 aromatic carbocycles. The van der Waals surface area contributed by atoms with Crippen LogP contribution in [0.5, 0.6) is 11.5 Å². The lowest BCUT2D eigenvalue weighted by Crippen LogP contribution is -2.36. The van der Waals surface area contributed by atoms with Gasteiger partial charge in [0, 0.05) is 29.3 Å². The molecule has 0 saturated carbocycles. The lowest BCUT2D eigenvalue weighted by molar-refractivity contribution is -0.0384. The number of anilines is 1. The summed E-state index contributed by atoms with van der Waals surface area (Å²) in [4.78, 5) is 0. The number of fused-ring (bicyclic) bond motifs is 3. The molecule has 5 heteroatoms. The van der Waals surface area contributed by atoms with E-state index in [2.05, 4.69) is 11.4 Å². The Balaban J connectivity index is 1.82. The third-order valence-electron chi connectivity index (χ3n) is 5.20. The van der Waals surface area contributed by atoms with E-state index >= 15 is 0 Å². The van der Waals surface area contributed by atoms with E-state index in [4.69, 9.17) is 14.2 Å². The van der Waals surface area contributed by atoms with Gasteiger partial charge in [-0.2, -0.15) is 0 Å². The van der Waals surface area contributed by atoms with E-state index in [0.717, 1.165) is 35.4 Å². The number of benzene rings is 2. The van der Waals surface area contributed by atoms with Crippen molar-refractivity contribution in [2.24, 2.45) is 5.92 Å². The number of halogens is 1. The third kappa shape index (κ3) is 2.72. The normalized spacial score (nSPS) is 24.7. The quantitative estimate of drug-likeness (QED) is 0.892. The first kappa shape index (κ1) is 16.2. The summed E-state index contributed by atoms with van der Waals surface area (Å²) in [6, 6.07) is 10.8. The summed E-state index contributed by atoms with van der Waals surface area (Å²) >= 11 is 0. The summed E-state index contributed by atoms with van der Waals surface area (Å²) in [6.07, 6.45) is 1.90. The summed E-state index contributed by atoms with van der Waals surface area (Å²) in [5, 5.41) is 3.58. The van der Waals surface area contributed by atoms with E-state index in [1.807, 2.05) is 12.1 Å². The Labute approximate surface area is 146 Å². The average Bonchev–Trinajstić information content (AvgIpc) is 2.66. The molecule has 2 aliphatic rings. The average molecular weight is 343 g/mol. The highest BCUT2D eigenvalue weighted by Crippen LogP contribution is 2.51. The molecule has 0 bridgehead atoms. The molecule has 2 aliphatic heterocycles. The Morgan fingerprint density at radius 2 is 2.00 bits per heavy atom. The molecule has 4 rings (SSSR count). The van der Waals surface area contributed by atoms with Crippen LogP contribution in [0, 0.1) is 11.7 Å². The Morgan fingerprint density at radius 3 is 2.80 bits per heavy atom. The minimum atomic E-state index is -0.231. The molecule has 0 unspecified atom stereocenters. The van der Waals surface area contributed by atoms with E-state index in [-0.39, 0.29) is 23.9 Å². The van der Waals surface area contributed by atoms with Crippen molar-refractivity contribution in [1.29, 1.82) is 0 Å². The zero-order valence-corrected chi connectivity index (χ0v) is 14.4. The number of para-hydroxylation sites is 1. The molecule has 0 spiro atoms. The molecule has 0 radical (unpaired) electrons. The van der Waals surface area contributed by atoms with Crippen LogP contribution < -0.4 is 14.8 Å². The Kier molecular flexibility index (Phi) is 4.25. The topological polar surface area (TPSA) is 39.7 Å². The molecule has 3 atom stereocenters. The van der Waals surface area contributed by atoms with Gasteiger partial charge in [0.25, 0.3) is 0 Å². The molecule has 1 N–H and O–H groups in total.